The van der Waals surface area contributed by atoms with Gasteiger partial charge < -0.3 is 0 Å². The van der Waals surface area contributed by atoms with Crippen molar-refractivity contribution in [2.75, 3.05) is 5.75 Å². The fourth-order valence-corrected chi connectivity index (χ4v) is 3.16. The maximum Gasteiger partial charge on any atom is 0.170 e. The van der Waals surface area contributed by atoms with Gasteiger partial charge in [-0.1, -0.05) is 25.6 Å². The molecule has 1 aliphatic rings. The number of hydrogen-bond donors (Lipinski definition) is 0. The van der Waals surface area contributed by atoms with E-state index in [1.165, 1.54) is 25.0 Å². The molecule has 1 saturated carbocycles. The van der Waals surface area contributed by atoms with Crippen LogP contribution in [0.3, 0.4) is 0 Å². The molecule has 2 nitrogen and oxygen atoms in total. The van der Waals surface area contributed by atoms with Crippen LogP contribution in [0.2, 0.25) is 0 Å². The third-order valence-corrected chi connectivity index (χ3v) is 4.17. The maximum atomic E-state index is 4.54. The Balaban J connectivity index is 1.78. The lowest BCUT2D eigenvalue weighted by Gasteiger charge is -2.00. The summed E-state index contributed by atoms with van der Waals surface area (Å²) >= 11 is 3.43. The standard InChI is InChI=1S/C10H16N2S2/c1-7(2)5-6-13-10-11-9(12-14-10)8-3-4-8/h7-8H,3-6H2,1-2H3. The van der Waals surface area contributed by atoms with E-state index in [2.05, 4.69) is 23.2 Å². The largest absolute Gasteiger partial charge is 0.213 e. The van der Waals surface area contributed by atoms with E-state index in [1.54, 1.807) is 11.5 Å². The molecule has 1 aromatic heterocycles. The summed E-state index contributed by atoms with van der Waals surface area (Å²) in [6.45, 7) is 4.52. The van der Waals surface area contributed by atoms with Crippen molar-refractivity contribution < 1.29 is 0 Å². The second kappa shape index (κ2) is 4.62. The Hall–Kier alpha value is -0.0900. The average molecular weight is 228 g/mol. The van der Waals surface area contributed by atoms with Crippen molar-refractivity contribution in [2.45, 2.75) is 43.4 Å². The highest BCUT2D eigenvalue weighted by atomic mass is 32.2. The van der Waals surface area contributed by atoms with Crippen LogP contribution in [0.4, 0.5) is 0 Å². The fourth-order valence-electron chi connectivity index (χ4n) is 1.17. The highest BCUT2D eigenvalue weighted by Crippen LogP contribution is 2.39. The van der Waals surface area contributed by atoms with Gasteiger partial charge in [-0.15, -0.1) is 0 Å². The highest BCUT2D eigenvalue weighted by Gasteiger charge is 2.27. The number of hydrogen-bond acceptors (Lipinski definition) is 4. The lowest BCUT2D eigenvalue weighted by Crippen LogP contribution is -1.89. The minimum absolute atomic E-state index is 0.700. The minimum atomic E-state index is 0.700. The molecule has 14 heavy (non-hydrogen) atoms. The zero-order chi connectivity index (χ0) is 9.97. The lowest BCUT2D eigenvalue weighted by molar-refractivity contribution is 0.632. The maximum absolute atomic E-state index is 4.54. The highest BCUT2D eigenvalue weighted by molar-refractivity contribution is 8.00. The van der Waals surface area contributed by atoms with Crippen LogP contribution in [0.15, 0.2) is 4.34 Å². The van der Waals surface area contributed by atoms with Gasteiger partial charge >= 0.3 is 0 Å². The van der Waals surface area contributed by atoms with Crippen LogP contribution in [-0.2, 0) is 0 Å². The quantitative estimate of drug-likeness (QED) is 0.721. The van der Waals surface area contributed by atoms with Crippen molar-refractivity contribution in [3.05, 3.63) is 5.82 Å². The van der Waals surface area contributed by atoms with Crippen LogP contribution < -0.4 is 0 Å². The van der Waals surface area contributed by atoms with Gasteiger partial charge in [-0.2, -0.15) is 4.37 Å². The van der Waals surface area contributed by atoms with Crippen molar-refractivity contribution in [3.8, 4) is 0 Å². The first-order chi connectivity index (χ1) is 6.75. The first kappa shape index (κ1) is 10.4. The van der Waals surface area contributed by atoms with E-state index in [9.17, 15) is 0 Å². The van der Waals surface area contributed by atoms with Gasteiger partial charge in [0.05, 0.1) is 0 Å². The van der Waals surface area contributed by atoms with Crippen molar-refractivity contribution in [1.29, 1.82) is 0 Å². The van der Waals surface area contributed by atoms with Crippen LogP contribution in [0.5, 0.6) is 0 Å². The molecule has 1 fully saturated rings. The summed E-state index contributed by atoms with van der Waals surface area (Å²) in [4.78, 5) is 4.54. The van der Waals surface area contributed by atoms with Crippen molar-refractivity contribution in [1.82, 2.24) is 9.36 Å². The third kappa shape index (κ3) is 2.95. The lowest BCUT2D eigenvalue weighted by atomic mass is 10.2. The first-order valence-electron chi connectivity index (χ1n) is 5.22. The van der Waals surface area contributed by atoms with Crippen molar-refractivity contribution >= 4 is 23.3 Å². The average Bonchev–Trinajstić information content (AvgIpc) is 2.87. The van der Waals surface area contributed by atoms with Gasteiger partial charge in [0, 0.05) is 11.7 Å². The molecule has 0 bridgehead atoms. The summed E-state index contributed by atoms with van der Waals surface area (Å²) in [7, 11) is 0. The molecule has 0 atom stereocenters. The third-order valence-electron chi connectivity index (χ3n) is 2.29. The summed E-state index contributed by atoms with van der Waals surface area (Å²) in [6, 6.07) is 0. The molecule has 0 spiro atoms. The van der Waals surface area contributed by atoms with Gasteiger partial charge in [-0.25, -0.2) is 4.98 Å². The predicted molar refractivity (Wildman–Crippen MR) is 62.1 cm³/mol. The molecule has 0 aromatic carbocycles. The second-order valence-electron chi connectivity index (χ2n) is 4.22. The topological polar surface area (TPSA) is 25.8 Å². The Bertz CT molecular complexity index is 292. The number of thioether (sulfide) groups is 1. The van der Waals surface area contributed by atoms with Gasteiger partial charge in [-0.3, -0.25) is 0 Å². The zero-order valence-electron chi connectivity index (χ0n) is 8.69. The monoisotopic (exact) mass is 228 g/mol. The molecule has 0 amide bonds. The Morgan fingerprint density at radius 3 is 2.93 bits per heavy atom. The Kier molecular flexibility index (Phi) is 3.44. The summed E-state index contributed by atoms with van der Waals surface area (Å²) in [5.74, 6) is 3.77. The van der Waals surface area contributed by atoms with Crippen LogP contribution in [0, 0.1) is 5.92 Å². The SMILES string of the molecule is CC(C)CCSc1nc(C2CC2)ns1. The number of aromatic nitrogens is 2. The molecule has 2 rings (SSSR count). The predicted octanol–water partition coefficient (Wildman–Crippen LogP) is 3.55. The van der Waals surface area contributed by atoms with Gasteiger partial charge in [0.15, 0.2) is 4.34 Å². The molecule has 78 valence electrons. The number of nitrogens with zero attached hydrogens (tertiary/aromatic N) is 2. The Morgan fingerprint density at radius 1 is 1.50 bits per heavy atom. The van der Waals surface area contributed by atoms with Crippen molar-refractivity contribution in [2.24, 2.45) is 5.92 Å². The van der Waals surface area contributed by atoms with Crippen LogP contribution in [0.1, 0.15) is 44.9 Å². The van der Waals surface area contributed by atoms with E-state index in [1.807, 2.05) is 11.8 Å². The normalized spacial score (nSPS) is 16.5. The summed E-state index contributed by atoms with van der Waals surface area (Å²) in [6.07, 6.45) is 3.86. The van der Waals surface area contributed by atoms with E-state index in [-0.39, 0.29) is 0 Å². The molecule has 1 heterocycles. The van der Waals surface area contributed by atoms with Crippen LogP contribution in [-0.4, -0.2) is 15.1 Å². The van der Waals surface area contributed by atoms with Gasteiger partial charge in [0.1, 0.15) is 5.82 Å². The molecule has 1 aromatic rings. The molecule has 4 heteroatoms. The van der Waals surface area contributed by atoms with Gasteiger partial charge in [0.2, 0.25) is 0 Å². The van der Waals surface area contributed by atoms with Crippen molar-refractivity contribution in [3.63, 3.8) is 0 Å². The van der Waals surface area contributed by atoms with Crippen LogP contribution >= 0.6 is 23.3 Å². The molecular weight excluding hydrogens is 212 g/mol. The molecular formula is C10H16N2S2. The summed E-state index contributed by atoms with van der Waals surface area (Å²) < 4.78 is 5.55. The fraction of sp³-hybridized carbons (Fsp3) is 0.800. The molecule has 0 aliphatic heterocycles. The van der Waals surface area contributed by atoms with E-state index >= 15 is 0 Å². The van der Waals surface area contributed by atoms with E-state index in [0.717, 1.165) is 16.1 Å². The summed E-state index contributed by atoms with van der Waals surface area (Å²) in [5, 5.41) is 0. The van der Waals surface area contributed by atoms with Gasteiger partial charge in [-0.05, 0) is 36.7 Å². The van der Waals surface area contributed by atoms with Crippen LogP contribution in [0.25, 0.3) is 0 Å². The zero-order valence-corrected chi connectivity index (χ0v) is 10.3. The smallest absolute Gasteiger partial charge is 0.170 e. The van der Waals surface area contributed by atoms with Gasteiger partial charge in [0.25, 0.3) is 0 Å². The number of rotatable bonds is 5. The van der Waals surface area contributed by atoms with E-state index in [4.69, 9.17) is 0 Å². The summed E-state index contributed by atoms with van der Waals surface area (Å²) in [5.41, 5.74) is 0. The van der Waals surface area contributed by atoms with E-state index in [0.29, 0.717) is 5.92 Å². The first-order valence-corrected chi connectivity index (χ1v) is 6.98. The minimum Gasteiger partial charge on any atom is -0.213 e. The molecule has 0 radical (unpaired) electrons. The Morgan fingerprint density at radius 2 is 2.29 bits per heavy atom. The Labute approximate surface area is 93.7 Å². The van der Waals surface area contributed by atoms with E-state index < -0.39 is 0 Å². The molecule has 0 saturated heterocycles. The second-order valence-corrected chi connectivity index (χ2v) is 6.32. The molecule has 1 aliphatic carbocycles. The molecule has 0 N–H and O–H groups in total. The molecule has 0 unspecified atom stereocenters.